The first-order chi connectivity index (χ1) is 8.65. The fourth-order valence-electron chi connectivity index (χ4n) is 4.35. The van der Waals surface area contributed by atoms with Crippen LogP contribution in [0.4, 0.5) is 0 Å². The molecule has 0 aromatic carbocycles. The quantitative estimate of drug-likeness (QED) is 0.781. The van der Waals surface area contributed by atoms with Crippen molar-refractivity contribution in [1.29, 1.82) is 0 Å². The second-order valence-electron chi connectivity index (χ2n) is 6.78. The van der Waals surface area contributed by atoms with Crippen LogP contribution in [-0.4, -0.2) is 31.0 Å². The zero-order chi connectivity index (χ0) is 12.6. The Bertz CT molecular complexity index is 301. The molecule has 3 heteroatoms. The highest BCUT2D eigenvalue weighted by molar-refractivity contribution is 5.03. The lowest BCUT2D eigenvalue weighted by atomic mass is 9.63. The zero-order valence-corrected chi connectivity index (χ0v) is 11.6. The standard InChI is InChI=1S/C15H27NO2/c1-12-4-2-3-6-15(12,16)13-5-8-18-14(10-13)7-9-17-11-14/h12-13H,2-11,16H2,1H3. The minimum absolute atomic E-state index is 0.00640. The Morgan fingerprint density at radius 3 is 2.72 bits per heavy atom. The summed E-state index contributed by atoms with van der Waals surface area (Å²) in [5.41, 5.74) is 6.89. The van der Waals surface area contributed by atoms with Gasteiger partial charge in [0, 0.05) is 25.2 Å². The van der Waals surface area contributed by atoms with E-state index in [9.17, 15) is 0 Å². The largest absolute Gasteiger partial charge is 0.378 e. The van der Waals surface area contributed by atoms with Crippen molar-refractivity contribution in [2.24, 2.45) is 17.6 Å². The van der Waals surface area contributed by atoms with Crippen molar-refractivity contribution in [2.45, 2.75) is 63.0 Å². The Kier molecular flexibility index (Phi) is 3.41. The highest BCUT2D eigenvalue weighted by Gasteiger charge is 2.49. The first-order valence-corrected chi connectivity index (χ1v) is 7.65. The van der Waals surface area contributed by atoms with Crippen molar-refractivity contribution in [2.75, 3.05) is 19.8 Å². The molecule has 0 amide bonds. The van der Waals surface area contributed by atoms with Crippen LogP contribution in [0.3, 0.4) is 0 Å². The van der Waals surface area contributed by atoms with Gasteiger partial charge in [0.15, 0.2) is 0 Å². The Hall–Kier alpha value is -0.120. The van der Waals surface area contributed by atoms with Gasteiger partial charge in [0.1, 0.15) is 0 Å². The maximum Gasteiger partial charge on any atom is 0.0940 e. The van der Waals surface area contributed by atoms with Crippen LogP contribution in [0.15, 0.2) is 0 Å². The van der Waals surface area contributed by atoms with E-state index in [0.29, 0.717) is 11.8 Å². The first-order valence-electron chi connectivity index (χ1n) is 7.65. The highest BCUT2D eigenvalue weighted by atomic mass is 16.6. The zero-order valence-electron chi connectivity index (χ0n) is 11.6. The molecule has 2 aliphatic heterocycles. The summed E-state index contributed by atoms with van der Waals surface area (Å²) < 4.78 is 11.6. The molecule has 0 aromatic rings. The summed E-state index contributed by atoms with van der Waals surface area (Å²) in [7, 11) is 0. The molecule has 4 atom stereocenters. The van der Waals surface area contributed by atoms with Gasteiger partial charge >= 0.3 is 0 Å². The summed E-state index contributed by atoms with van der Waals surface area (Å²) in [6.45, 7) is 4.87. The Morgan fingerprint density at radius 1 is 1.11 bits per heavy atom. The summed E-state index contributed by atoms with van der Waals surface area (Å²) in [5.74, 6) is 1.29. The van der Waals surface area contributed by atoms with Gasteiger partial charge in [-0.25, -0.2) is 0 Å². The minimum Gasteiger partial charge on any atom is -0.378 e. The lowest BCUT2D eigenvalue weighted by Gasteiger charge is -2.50. The number of hydrogen-bond acceptors (Lipinski definition) is 3. The van der Waals surface area contributed by atoms with E-state index in [1.165, 1.54) is 25.7 Å². The van der Waals surface area contributed by atoms with Crippen molar-refractivity contribution in [3.63, 3.8) is 0 Å². The van der Waals surface area contributed by atoms with Crippen LogP contribution in [0.25, 0.3) is 0 Å². The van der Waals surface area contributed by atoms with Crippen LogP contribution < -0.4 is 5.73 Å². The number of hydrogen-bond donors (Lipinski definition) is 1. The van der Waals surface area contributed by atoms with E-state index in [2.05, 4.69) is 6.92 Å². The second-order valence-corrected chi connectivity index (χ2v) is 6.78. The molecule has 1 aliphatic carbocycles. The summed E-state index contributed by atoms with van der Waals surface area (Å²) in [6, 6.07) is 0. The van der Waals surface area contributed by atoms with E-state index >= 15 is 0 Å². The van der Waals surface area contributed by atoms with Gasteiger partial charge in [-0.15, -0.1) is 0 Å². The predicted octanol–water partition coefficient (Wildman–Crippen LogP) is 2.48. The topological polar surface area (TPSA) is 44.5 Å². The first kappa shape index (κ1) is 12.9. The molecule has 1 spiro atoms. The van der Waals surface area contributed by atoms with Crippen molar-refractivity contribution in [3.05, 3.63) is 0 Å². The smallest absolute Gasteiger partial charge is 0.0940 e. The third-order valence-electron chi connectivity index (χ3n) is 5.73. The van der Waals surface area contributed by atoms with Gasteiger partial charge in [-0.1, -0.05) is 19.8 Å². The summed E-state index contributed by atoms with van der Waals surface area (Å²) in [4.78, 5) is 0. The molecule has 3 rings (SSSR count). The van der Waals surface area contributed by atoms with E-state index in [0.717, 1.165) is 39.1 Å². The fraction of sp³-hybridized carbons (Fsp3) is 1.00. The Morgan fingerprint density at radius 2 is 2.00 bits per heavy atom. The molecule has 4 unspecified atom stereocenters. The summed E-state index contributed by atoms with van der Waals surface area (Å²) >= 11 is 0. The Labute approximate surface area is 110 Å². The van der Waals surface area contributed by atoms with Gasteiger partial charge in [-0.05, 0) is 37.5 Å². The van der Waals surface area contributed by atoms with Crippen LogP contribution in [-0.2, 0) is 9.47 Å². The summed E-state index contributed by atoms with van der Waals surface area (Å²) in [6.07, 6.45) is 8.50. The third-order valence-corrected chi connectivity index (χ3v) is 5.73. The van der Waals surface area contributed by atoms with Crippen LogP contribution in [0.5, 0.6) is 0 Å². The normalized spacial score (nSPS) is 49.7. The molecule has 1 saturated carbocycles. The molecule has 18 heavy (non-hydrogen) atoms. The molecular formula is C15H27NO2. The summed E-state index contributed by atoms with van der Waals surface area (Å²) in [5, 5.41) is 0. The molecule has 0 aromatic heterocycles. The van der Waals surface area contributed by atoms with Crippen molar-refractivity contribution in [3.8, 4) is 0 Å². The molecule has 0 radical (unpaired) electrons. The molecule has 104 valence electrons. The van der Waals surface area contributed by atoms with E-state index in [-0.39, 0.29) is 11.1 Å². The molecule has 3 fully saturated rings. The number of rotatable bonds is 1. The number of ether oxygens (including phenoxy) is 2. The second kappa shape index (κ2) is 4.77. The minimum atomic E-state index is 0.00640. The van der Waals surface area contributed by atoms with Gasteiger partial charge < -0.3 is 15.2 Å². The van der Waals surface area contributed by atoms with Crippen molar-refractivity contribution in [1.82, 2.24) is 0 Å². The van der Waals surface area contributed by atoms with E-state index in [1.807, 2.05) is 0 Å². The molecular weight excluding hydrogens is 226 g/mol. The van der Waals surface area contributed by atoms with Crippen LogP contribution >= 0.6 is 0 Å². The maximum atomic E-state index is 6.83. The monoisotopic (exact) mass is 253 g/mol. The van der Waals surface area contributed by atoms with Gasteiger partial charge in [-0.2, -0.15) is 0 Å². The van der Waals surface area contributed by atoms with E-state index in [4.69, 9.17) is 15.2 Å². The van der Waals surface area contributed by atoms with Crippen LogP contribution in [0.2, 0.25) is 0 Å². The lowest BCUT2D eigenvalue weighted by molar-refractivity contribution is -0.116. The highest BCUT2D eigenvalue weighted by Crippen LogP contribution is 2.46. The van der Waals surface area contributed by atoms with E-state index < -0.39 is 0 Å². The van der Waals surface area contributed by atoms with E-state index in [1.54, 1.807) is 0 Å². The van der Waals surface area contributed by atoms with Crippen molar-refractivity contribution < 1.29 is 9.47 Å². The predicted molar refractivity (Wildman–Crippen MR) is 71.4 cm³/mol. The average Bonchev–Trinajstić information content (AvgIpc) is 2.81. The average molecular weight is 253 g/mol. The van der Waals surface area contributed by atoms with Crippen molar-refractivity contribution >= 4 is 0 Å². The molecule has 2 saturated heterocycles. The van der Waals surface area contributed by atoms with Crippen LogP contribution in [0.1, 0.15) is 51.9 Å². The lowest BCUT2D eigenvalue weighted by Crippen LogP contribution is -2.58. The molecule has 3 nitrogen and oxygen atoms in total. The van der Waals surface area contributed by atoms with Crippen LogP contribution in [0, 0.1) is 11.8 Å². The molecule has 2 heterocycles. The van der Waals surface area contributed by atoms with Gasteiger partial charge in [-0.3, -0.25) is 0 Å². The molecule has 3 aliphatic rings. The molecule has 0 bridgehead atoms. The van der Waals surface area contributed by atoms with Gasteiger partial charge in [0.25, 0.3) is 0 Å². The fourth-order valence-corrected chi connectivity index (χ4v) is 4.35. The van der Waals surface area contributed by atoms with Gasteiger partial charge in [0.2, 0.25) is 0 Å². The number of nitrogens with two attached hydrogens (primary N) is 1. The Balaban J connectivity index is 1.74. The third kappa shape index (κ3) is 2.10. The SMILES string of the molecule is CC1CCCCC1(N)C1CCOC2(CCOC2)C1. The van der Waals surface area contributed by atoms with Gasteiger partial charge in [0.05, 0.1) is 12.2 Å². The molecule has 2 N–H and O–H groups in total. The maximum absolute atomic E-state index is 6.83.